The molecule has 9 N–H and O–H groups in total. The predicted molar refractivity (Wildman–Crippen MR) is 67.2 cm³/mol. The number of carbonyl (C=O) groups is 2. The quantitative estimate of drug-likeness (QED) is 0.347. The molecular formula is C10H19N5O4. The summed E-state index contributed by atoms with van der Waals surface area (Å²) in [5.41, 5.74) is 16.1. The molecule has 0 saturated heterocycles. The summed E-state index contributed by atoms with van der Waals surface area (Å²) >= 11 is 0. The van der Waals surface area contributed by atoms with Crippen molar-refractivity contribution in [2.45, 2.75) is 24.9 Å². The molecule has 0 bridgehead atoms. The zero-order valence-electron chi connectivity index (χ0n) is 10.3. The Morgan fingerprint density at radius 3 is 2.16 bits per heavy atom. The van der Waals surface area contributed by atoms with Gasteiger partial charge >= 0.3 is 11.9 Å². The van der Waals surface area contributed by atoms with Crippen molar-refractivity contribution in [3.05, 3.63) is 18.2 Å². The smallest absolute Gasteiger partial charge is 0.320 e. The minimum atomic E-state index is -1.00. The Hall–Kier alpha value is -1.97. The van der Waals surface area contributed by atoms with Crippen LogP contribution in [0.5, 0.6) is 0 Å². The molecule has 0 aliphatic heterocycles. The molecular weight excluding hydrogens is 254 g/mol. The molecule has 0 fully saturated rings. The Kier molecular flexibility index (Phi) is 8.09. The molecule has 9 heteroatoms. The Morgan fingerprint density at radius 1 is 1.26 bits per heavy atom. The van der Waals surface area contributed by atoms with Gasteiger partial charge in [-0.3, -0.25) is 9.59 Å². The average Bonchev–Trinajstić information content (AvgIpc) is 2.82. The summed E-state index contributed by atoms with van der Waals surface area (Å²) in [5, 5.41) is 16.6. The first-order valence-electron chi connectivity index (χ1n) is 5.52. The van der Waals surface area contributed by atoms with E-state index in [2.05, 4.69) is 9.97 Å². The lowest BCUT2D eigenvalue weighted by molar-refractivity contribution is -0.139. The third kappa shape index (κ3) is 7.86. The predicted octanol–water partition coefficient (Wildman–Crippen LogP) is -1.89. The Bertz CT molecular complexity index is 381. The Labute approximate surface area is 109 Å². The number of nitrogens with zero attached hydrogens (tertiary/aromatic N) is 1. The highest BCUT2D eigenvalue weighted by atomic mass is 16.4. The highest BCUT2D eigenvalue weighted by Crippen LogP contribution is 1.95. The fraction of sp³-hybridized carbons (Fsp3) is 0.500. The van der Waals surface area contributed by atoms with Crippen LogP contribution >= 0.6 is 0 Å². The SMILES string of the molecule is NCCC(N)C(=O)O.N[C@@H](Cc1cnc[nH]1)C(=O)O. The molecule has 0 spiro atoms. The van der Waals surface area contributed by atoms with Crippen LogP contribution < -0.4 is 17.2 Å². The van der Waals surface area contributed by atoms with Gasteiger partial charge in [0.25, 0.3) is 0 Å². The molecule has 1 aromatic rings. The second-order valence-electron chi connectivity index (χ2n) is 3.75. The fourth-order valence-electron chi connectivity index (χ4n) is 1.02. The molecule has 0 aromatic carbocycles. The number of nitrogens with two attached hydrogens (primary N) is 3. The number of carboxylic acid groups (broad SMARTS) is 2. The molecule has 0 aliphatic carbocycles. The second-order valence-corrected chi connectivity index (χ2v) is 3.75. The van der Waals surface area contributed by atoms with E-state index in [-0.39, 0.29) is 6.42 Å². The number of hydrogen-bond acceptors (Lipinski definition) is 6. The van der Waals surface area contributed by atoms with Crippen molar-refractivity contribution in [2.24, 2.45) is 17.2 Å². The van der Waals surface area contributed by atoms with Crippen molar-refractivity contribution in [2.75, 3.05) is 6.54 Å². The van der Waals surface area contributed by atoms with Crippen molar-refractivity contribution in [1.29, 1.82) is 0 Å². The van der Waals surface area contributed by atoms with E-state index >= 15 is 0 Å². The van der Waals surface area contributed by atoms with Crippen molar-refractivity contribution in [3.8, 4) is 0 Å². The van der Waals surface area contributed by atoms with Crippen molar-refractivity contribution < 1.29 is 19.8 Å². The minimum Gasteiger partial charge on any atom is -0.480 e. The van der Waals surface area contributed by atoms with E-state index in [0.29, 0.717) is 13.0 Å². The van der Waals surface area contributed by atoms with Crippen LogP contribution in [0.2, 0.25) is 0 Å². The summed E-state index contributed by atoms with van der Waals surface area (Å²) in [7, 11) is 0. The molecule has 0 radical (unpaired) electrons. The van der Waals surface area contributed by atoms with Gasteiger partial charge in [0.05, 0.1) is 6.33 Å². The number of aromatic amines is 1. The molecule has 2 atom stereocenters. The third-order valence-electron chi connectivity index (χ3n) is 2.11. The van der Waals surface area contributed by atoms with E-state index < -0.39 is 24.0 Å². The first-order valence-corrected chi connectivity index (χ1v) is 5.52. The van der Waals surface area contributed by atoms with Crippen molar-refractivity contribution in [3.63, 3.8) is 0 Å². The van der Waals surface area contributed by atoms with Crippen molar-refractivity contribution >= 4 is 11.9 Å². The summed E-state index contributed by atoms with van der Waals surface area (Å²) in [6.07, 6.45) is 3.68. The van der Waals surface area contributed by atoms with E-state index in [1.165, 1.54) is 6.33 Å². The lowest BCUT2D eigenvalue weighted by Gasteiger charge is -2.02. The van der Waals surface area contributed by atoms with Gasteiger partial charge < -0.3 is 32.4 Å². The first-order chi connectivity index (χ1) is 8.88. The van der Waals surface area contributed by atoms with Crippen LogP contribution in [0.3, 0.4) is 0 Å². The van der Waals surface area contributed by atoms with Crippen LogP contribution in [-0.4, -0.2) is 50.7 Å². The van der Waals surface area contributed by atoms with E-state index in [4.69, 9.17) is 27.4 Å². The summed E-state index contributed by atoms with van der Waals surface area (Å²) < 4.78 is 0. The molecule has 0 amide bonds. The zero-order valence-corrected chi connectivity index (χ0v) is 10.3. The highest BCUT2D eigenvalue weighted by molar-refractivity contribution is 5.73. The molecule has 1 rings (SSSR count). The number of rotatable bonds is 6. The van der Waals surface area contributed by atoms with Gasteiger partial charge in [-0.2, -0.15) is 0 Å². The van der Waals surface area contributed by atoms with Crippen LogP contribution in [0.4, 0.5) is 0 Å². The molecule has 19 heavy (non-hydrogen) atoms. The largest absolute Gasteiger partial charge is 0.480 e. The molecule has 0 aliphatic rings. The van der Waals surface area contributed by atoms with Crippen LogP contribution in [0.15, 0.2) is 12.5 Å². The van der Waals surface area contributed by atoms with Gasteiger partial charge in [-0.25, -0.2) is 4.98 Å². The Morgan fingerprint density at radius 2 is 1.84 bits per heavy atom. The summed E-state index contributed by atoms with van der Waals surface area (Å²) in [5.74, 6) is -1.99. The summed E-state index contributed by atoms with van der Waals surface area (Å²) in [4.78, 5) is 26.7. The van der Waals surface area contributed by atoms with Gasteiger partial charge in [0, 0.05) is 18.3 Å². The van der Waals surface area contributed by atoms with E-state index in [9.17, 15) is 9.59 Å². The number of aromatic nitrogens is 2. The van der Waals surface area contributed by atoms with Crippen LogP contribution in [0, 0.1) is 0 Å². The number of nitrogens with one attached hydrogen (secondary N) is 1. The van der Waals surface area contributed by atoms with Gasteiger partial charge in [-0.15, -0.1) is 0 Å². The van der Waals surface area contributed by atoms with Crippen molar-refractivity contribution in [1.82, 2.24) is 9.97 Å². The van der Waals surface area contributed by atoms with E-state index in [1.807, 2.05) is 0 Å². The zero-order chi connectivity index (χ0) is 14.8. The molecule has 108 valence electrons. The van der Waals surface area contributed by atoms with Gasteiger partial charge in [0.2, 0.25) is 0 Å². The monoisotopic (exact) mass is 273 g/mol. The maximum atomic E-state index is 10.3. The summed E-state index contributed by atoms with van der Waals surface area (Å²) in [6, 6.07) is -1.64. The molecule has 9 nitrogen and oxygen atoms in total. The average molecular weight is 273 g/mol. The summed E-state index contributed by atoms with van der Waals surface area (Å²) in [6.45, 7) is 0.327. The number of imidazole rings is 1. The number of H-pyrrole nitrogens is 1. The minimum absolute atomic E-state index is 0.287. The second kappa shape index (κ2) is 9.03. The number of aliphatic carboxylic acids is 2. The van der Waals surface area contributed by atoms with Gasteiger partial charge in [0.1, 0.15) is 12.1 Å². The maximum Gasteiger partial charge on any atom is 0.320 e. The lowest BCUT2D eigenvalue weighted by Crippen LogP contribution is -2.32. The highest BCUT2D eigenvalue weighted by Gasteiger charge is 2.12. The van der Waals surface area contributed by atoms with Gasteiger partial charge in [-0.1, -0.05) is 0 Å². The Balaban J connectivity index is 0.000000362. The van der Waals surface area contributed by atoms with Gasteiger partial charge in [-0.05, 0) is 13.0 Å². The van der Waals surface area contributed by atoms with E-state index in [0.717, 1.165) is 5.69 Å². The molecule has 1 heterocycles. The van der Waals surface area contributed by atoms with Crippen LogP contribution in [-0.2, 0) is 16.0 Å². The van der Waals surface area contributed by atoms with E-state index in [1.54, 1.807) is 6.20 Å². The van der Waals surface area contributed by atoms with Crippen LogP contribution in [0.1, 0.15) is 12.1 Å². The standard InChI is InChI=1S/C6H9N3O2.C4H10N2O2/c7-5(6(10)11)1-4-2-8-3-9-4;5-2-1-3(6)4(7)8/h2-3,5H,1,7H2,(H,8,9)(H,10,11);3H,1-2,5-6H2,(H,7,8)/t5-;/m0./s1. The maximum absolute atomic E-state index is 10.3. The topological polar surface area (TPSA) is 181 Å². The first kappa shape index (κ1) is 17.0. The fourth-order valence-corrected chi connectivity index (χ4v) is 1.02. The number of carboxylic acids is 2. The number of hydrogen-bond donors (Lipinski definition) is 6. The molecule has 0 saturated carbocycles. The van der Waals surface area contributed by atoms with Crippen LogP contribution in [0.25, 0.3) is 0 Å². The third-order valence-corrected chi connectivity index (χ3v) is 2.11. The van der Waals surface area contributed by atoms with Gasteiger partial charge in [0.15, 0.2) is 0 Å². The molecule has 1 aromatic heterocycles. The molecule has 1 unspecified atom stereocenters. The lowest BCUT2D eigenvalue weighted by atomic mass is 10.2. The normalized spacial score (nSPS) is 13.0.